The van der Waals surface area contributed by atoms with Crippen molar-refractivity contribution in [3.8, 4) is 11.8 Å². The van der Waals surface area contributed by atoms with E-state index in [2.05, 4.69) is 30.9 Å². The Labute approximate surface area is 140 Å². The molecule has 1 aliphatic rings. The van der Waals surface area contributed by atoms with Crippen molar-refractivity contribution < 1.29 is 4.74 Å². The maximum atomic E-state index is 9.15. The van der Waals surface area contributed by atoms with Gasteiger partial charge in [0.1, 0.15) is 11.8 Å². The molecule has 3 N–H and O–H groups in total. The minimum atomic E-state index is 0.0758. The zero-order chi connectivity index (χ0) is 16.8. The molecule has 3 rings (SSSR count). The summed E-state index contributed by atoms with van der Waals surface area (Å²) in [6, 6.07) is 9.69. The number of nitrogens with one attached hydrogen (secondary N) is 3. The zero-order valence-corrected chi connectivity index (χ0v) is 13.4. The molecule has 0 bridgehead atoms. The summed E-state index contributed by atoms with van der Waals surface area (Å²) < 4.78 is 5.20. The first-order valence-corrected chi connectivity index (χ1v) is 7.81. The average molecular weight is 325 g/mol. The fourth-order valence-corrected chi connectivity index (χ4v) is 2.53. The van der Waals surface area contributed by atoms with Crippen molar-refractivity contribution in [2.24, 2.45) is 0 Å². The Kier molecular flexibility index (Phi) is 5.03. The number of benzene rings is 1. The standard InChI is InChI=1S/C16H19N7O/c1-24-13-4-2-3-12(9-13)20-16-22-14(10-17)21-15(23-16)19-11-5-7-18-8-6-11/h2-4,9,11,18H,5-8H2,1H3,(H2,19,20,21,22,23). The van der Waals surface area contributed by atoms with Gasteiger partial charge >= 0.3 is 0 Å². The lowest BCUT2D eigenvalue weighted by Gasteiger charge is -2.23. The summed E-state index contributed by atoms with van der Waals surface area (Å²) in [7, 11) is 1.61. The van der Waals surface area contributed by atoms with Gasteiger partial charge < -0.3 is 20.7 Å². The average Bonchev–Trinajstić information content (AvgIpc) is 2.62. The summed E-state index contributed by atoms with van der Waals surface area (Å²) >= 11 is 0. The first kappa shape index (κ1) is 16.0. The Bertz CT molecular complexity index is 737. The van der Waals surface area contributed by atoms with E-state index >= 15 is 0 Å². The third kappa shape index (κ3) is 4.08. The lowest BCUT2D eigenvalue weighted by molar-refractivity contribution is 0.415. The predicted molar refractivity (Wildman–Crippen MR) is 90.3 cm³/mol. The van der Waals surface area contributed by atoms with E-state index in [0.717, 1.165) is 37.4 Å². The van der Waals surface area contributed by atoms with Crippen molar-refractivity contribution in [1.29, 1.82) is 5.26 Å². The summed E-state index contributed by atoms with van der Waals surface area (Å²) in [5.41, 5.74) is 0.775. The van der Waals surface area contributed by atoms with Crippen LogP contribution in [0.5, 0.6) is 5.75 Å². The van der Waals surface area contributed by atoms with Crippen LogP contribution < -0.4 is 20.7 Å². The molecule has 0 atom stereocenters. The van der Waals surface area contributed by atoms with Gasteiger partial charge in [0.2, 0.25) is 17.7 Å². The van der Waals surface area contributed by atoms with E-state index in [9.17, 15) is 0 Å². The molecule has 1 aromatic carbocycles. The van der Waals surface area contributed by atoms with Gasteiger partial charge in [-0.15, -0.1) is 0 Å². The van der Waals surface area contributed by atoms with Crippen molar-refractivity contribution in [1.82, 2.24) is 20.3 Å². The van der Waals surface area contributed by atoms with Gasteiger partial charge in [-0.2, -0.15) is 20.2 Å². The van der Waals surface area contributed by atoms with E-state index < -0.39 is 0 Å². The van der Waals surface area contributed by atoms with Gasteiger partial charge in [-0.05, 0) is 38.1 Å². The summed E-state index contributed by atoms with van der Waals surface area (Å²) in [4.78, 5) is 12.6. The molecular formula is C16H19N7O. The third-order valence-corrected chi connectivity index (χ3v) is 3.73. The van der Waals surface area contributed by atoms with Crippen molar-refractivity contribution >= 4 is 17.6 Å². The van der Waals surface area contributed by atoms with Crippen LogP contribution in [0.15, 0.2) is 24.3 Å². The van der Waals surface area contributed by atoms with Crippen LogP contribution in [-0.2, 0) is 0 Å². The number of anilines is 3. The number of piperidine rings is 1. The number of methoxy groups -OCH3 is 1. The highest BCUT2D eigenvalue weighted by molar-refractivity contribution is 5.56. The molecule has 1 aliphatic heterocycles. The molecule has 24 heavy (non-hydrogen) atoms. The third-order valence-electron chi connectivity index (χ3n) is 3.73. The van der Waals surface area contributed by atoms with Crippen LogP contribution in [0.2, 0.25) is 0 Å². The minimum absolute atomic E-state index is 0.0758. The second-order valence-corrected chi connectivity index (χ2v) is 5.44. The number of nitriles is 1. The van der Waals surface area contributed by atoms with E-state index in [0.29, 0.717) is 17.9 Å². The summed E-state index contributed by atoms with van der Waals surface area (Å²) in [5, 5.41) is 18.8. The number of rotatable bonds is 5. The number of nitrogens with zero attached hydrogens (tertiary/aromatic N) is 4. The Morgan fingerprint density at radius 3 is 2.75 bits per heavy atom. The number of ether oxygens (including phenoxy) is 1. The molecule has 8 nitrogen and oxygen atoms in total. The molecule has 1 saturated heterocycles. The van der Waals surface area contributed by atoms with Crippen LogP contribution in [0.4, 0.5) is 17.6 Å². The normalized spacial score (nSPS) is 14.7. The molecule has 0 unspecified atom stereocenters. The van der Waals surface area contributed by atoms with E-state index in [1.165, 1.54) is 0 Å². The van der Waals surface area contributed by atoms with E-state index in [1.54, 1.807) is 7.11 Å². The van der Waals surface area contributed by atoms with Gasteiger partial charge in [-0.3, -0.25) is 0 Å². The van der Waals surface area contributed by atoms with Gasteiger partial charge in [-0.1, -0.05) is 6.07 Å². The number of hydrogen-bond donors (Lipinski definition) is 3. The number of aromatic nitrogens is 3. The lowest BCUT2D eigenvalue weighted by atomic mass is 10.1. The SMILES string of the molecule is COc1cccc(Nc2nc(C#N)nc(NC3CCNCC3)n2)c1. The first-order chi connectivity index (χ1) is 11.8. The molecule has 0 aliphatic carbocycles. The van der Waals surface area contributed by atoms with E-state index in [4.69, 9.17) is 10.00 Å². The van der Waals surface area contributed by atoms with Crippen LogP contribution in [0.1, 0.15) is 18.7 Å². The van der Waals surface area contributed by atoms with Crippen LogP contribution in [0.3, 0.4) is 0 Å². The van der Waals surface area contributed by atoms with Crippen LogP contribution in [0, 0.1) is 11.3 Å². The highest BCUT2D eigenvalue weighted by Crippen LogP contribution is 2.20. The Morgan fingerprint density at radius 2 is 2.00 bits per heavy atom. The fourth-order valence-electron chi connectivity index (χ4n) is 2.53. The van der Waals surface area contributed by atoms with E-state index in [1.807, 2.05) is 30.3 Å². The molecule has 0 amide bonds. The Morgan fingerprint density at radius 1 is 1.21 bits per heavy atom. The summed E-state index contributed by atoms with van der Waals surface area (Å²) in [6.45, 7) is 1.92. The summed E-state index contributed by atoms with van der Waals surface area (Å²) in [5.74, 6) is 1.54. The first-order valence-electron chi connectivity index (χ1n) is 7.81. The molecular weight excluding hydrogens is 306 g/mol. The van der Waals surface area contributed by atoms with Crippen molar-refractivity contribution in [2.75, 3.05) is 30.8 Å². The molecule has 2 aromatic rings. The summed E-state index contributed by atoms with van der Waals surface area (Å²) in [6.07, 6.45) is 1.98. The molecule has 124 valence electrons. The topological polar surface area (TPSA) is 108 Å². The highest BCUT2D eigenvalue weighted by Gasteiger charge is 2.15. The van der Waals surface area contributed by atoms with Crippen LogP contribution in [-0.4, -0.2) is 41.2 Å². The maximum absolute atomic E-state index is 9.15. The zero-order valence-electron chi connectivity index (χ0n) is 13.4. The van der Waals surface area contributed by atoms with Gasteiger partial charge in [0.15, 0.2) is 0 Å². The number of hydrogen-bond acceptors (Lipinski definition) is 8. The smallest absolute Gasteiger partial charge is 0.238 e. The highest BCUT2D eigenvalue weighted by atomic mass is 16.5. The molecule has 1 aromatic heterocycles. The predicted octanol–water partition coefficient (Wildman–Crippen LogP) is 1.66. The second-order valence-electron chi connectivity index (χ2n) is 5.44. The molecule has 0 saturated carbocycles. The minimum Gasteiger partial charge on any atom is -0.497 e. The maximum Gasteiger partial charge on any atom is 0.238 e. The Balaban J connectivity index is 1.79. The molecule has 0 radical (unpaired) electrons. The van der Waals surface area contributed by atoms with Crippen molar-refractivity contribution in [3.63, 3.8) is 0 Å². The largest absolute Gasteiger partial charge is 0.497 e. The van der Waals surface area contributed by atoms with Crippen molar-refractivity contribution in [2.45, 2.75) is 18.9 Å². The van der Waals surface area contributed by atoms with Gasteiger partial charge in [0, 0.05) is 17.8 Å². The van der Waals surface area contributed by atoms with Gasteiger partial charge in [-0.25, -0.2) is 0 Å². The van der Waals surface area contributed by atoms with Crippen molar-refractivity contribution in [3.05, 3.63) is 30.1 Å². The molecule has 0 spiro atoms. The molecule has 2 heterocycles. The van der Waals surface area contributed by atoms with Crippen LogP contribution in [0.25, 0.3) is 0 Å². The second kappa shape index (κ2) is 7.57. The monoisotopic (exact) mass is 325 g/mol. The van der Waals surface area contributed by atoms with Gasteiger partial charge in [0.25, 0.3) is 0 Å². The fraction of sp³-hybridized carbons (Fsp3) is 0.375. The van der Waals surface area contributed by atoms with E-state index in [-0.39, 0.29) is 5.82 Å². The Hall–Kier alpha value is -2.92. The quantitative estimate of drug-likeness (QED) is 0.762. The molecule has 8 heteroatoms. The molecule has 1 fully saturated rings. The van der Waals surface area contributed by atoms with Gasteiger partial charge in [0.05, 0.1) is 7.11 Å². The van der Waals surface area contributed by atoms with Crippen LogP contribution >= 0.6 is 0 Å². The lowest BCUT2D eigenvalue weighted by Crippen LogP contribution is -2.35.